The number of benzene rings is 1. The van der Waals surface area contributed by atoms with E-state index in [0.29, 0.717) is 30.6 Å². The smallest absolute Gasteiger partial charge is 0.317 e. The highest BCUT2D eigenvalue weighted by molar-refractivity contribution is 5.76. The molecule has 2 saturated carbocycles. The molecule has 2 saturated heterocycles. The van der Waals surface area contributed by atoms with E-state index in [9.17, 15) is 4.79 Å². The first-order valence-electron chi connectivity index (χ1n) is 13.7. The molecule has 7 heteroatoms. The molecule has 1 aromatic heterocycles. The standard InChI is InChI=1S/C28H37N5O2/c1-19-24-25(31-33(19)21-9-14-30-27(17-21)10-4-11-27)22-5-2-3-6-23(22)35-28(24)12-15-32(16-13-28)26(34)29-18-20-7-8-20/h2-3,5-6,20-21,30H,4,7-18H2,1H3,(H,29,34). The fourth-order valence-corrected chi connectivity index (χ4v) is 7.03. The minimum absolute atomic E-state index is 0.0797. The zero-order valence-electron chi connectivity index (χ0n) is 20.8. The largest absolute Gasteiger partial charge is 0.482 e. The van der Waals surface area contributed by atoms with Gasteiger partial charge in [0.15, 0.2) is 0 Å². The third-order valence-corrected chi connectivity index (χ3v) is 9.41. The van der Waals surface area contributed by atoms with E-state index < -0.39 is 5.60 Å². The highest BCUT2D eigenvalue weighted by Gasteiger charge is 2.49. The van der Waals surface area contributed by atoms with Gasteiger partial charge < -0.3 is 20.3 Å². The van der Waals surface area contributed by atoms with Gasteiger partial charge in [-0.1, -0.05) is 12.1 Å². The van der Waals surface area contributed by atoms with Crippen LogP contribution in [0.5, 0.6) is 5.75 Å². The number of fused-ring (bicyclic) bond motifs is 4. The summed E-state index contributed by atoms with van der Waals surface area (Å²) in [5.41, 5.74) is 4.62. The van der Waals surface area contributed by atoms with Crippen LogP contribution in [0.3, 0.4) is 0 Å². The summed E-state index contributed by atoms with van der Waals surface area (Å²) in [4.78, 5) is 14.7. The number of piperidine rings is 2. The Balaban J connectivity index is 1.20. The van der Waals surface area contributed by atoms with Crippen LogP contribution in [0.4, 0.5) is 4.79 Å². The average molecular weight is 476 g/mol. The summed E-state index contributed by atoms with van der Waals surface area (Å²) in [6.45, 7) is 5.54. The van der Waals surface area contributed by atoms with E-state index in [0.717, 1.165) is 49.4 Å². The number of rotatable bonds is 3. The van der Waals surface area contributed by atoms with Gasteiger partial charge in [0.2, 0.25) is 0 Å². The molecule has 0 radical (unpaired) electrons. The first-order chi connectivity index (χ1) is 17.1. The first kappa shape index (κ1) is 21.7. The number of nitrogens with one attached hydrogen (secondary N) is 2. The Morgan fingerprint density at radius 1 is 1.17 bits per heavy atom. The Hall–Kier alpha value is -2.54. The van der Waals surface area contributed by atoms with E-state index in [1.165, 1.54) is 49.8 Å². The molecule has 1 aromatic carbocycles. The van der Waals surface area contributed by atoms with Crippen molar-refractivity contribution in [2.24, 2.45) is 5.92 Å². The first-order valence-corrected chi connectivity index (χ1v) is 13.7. The van der Waals surface area contributed by atoms with Crippen molar-refractivity contribution in [3.8, 4) is 17.0 Å². The van der Waals surface area contributed by atoms with Crippen molar-refractivity contribution in [2.75, 3.05) is 26.2 Å². The Bertz CT molecular complexity index is 1140. The van der Waals surface area contributed by atoms with Crippen molar-refractivity contribution in [3.05, 3.63) is 35.5 Å². The van der Waals surface area contributed by atoms with Gasteiger partial charge in [-0.2, -0.15) is 5.10 Å². The summed E-state index contributed by atoms with van der Waals surface area (Å²) in [6, 6.07) is 8.87. The quantitative estimate of drug-likeness (QED) is 0.685. The maximum Gasteiger partial charge on any atom is 0.317 e. The van der Waals surface area contributed by atoms with E-state index >= 15 is 0 Å². The van der Waals surface area contributed by atoms with Crippen molar-refractivity contribution >= 4 is 6.03 Å². The second-order valence-electron chi connectivity index (χ2n) is 11.7. The molecule has 2 amide bonds. The van der Waals surface area contributed by atoms with Crippen molar-refractivity contribution in [3.63, 3.8) is 0 Å². The Morgan fingerprint density at radius 3 is 2.71 bits per heavy atom. The van der Waals surface area contributed by atoms with Gasteiger partial charge >= 0.3 is 6.03 Å². The average Bonchev–Trinajstić information content (AvgIpc) is 3.63. The molecule has 1 unspecified atom stereocenters. The van der Waals surface area contributed by atoms with E-state index in [-0.39, 0.29) is 6.03 Å². The van der Waals surface area contributed by atoms with Crippen molar-refractivity contribution in [1.82, 2.24) is 25.3 Å². The topological polar surface area (TPSA) is 71.4 Å². The van der Waals surface area contributed by atoms with Crippen LogP contribution < -0.4 is 15.4 Å². The number of carbonyl (C=O) groups is 1. The van der Waals surface area contributed by atoms with Crippen LogP contribution in [0.1, 0.15) is 75.1 Å². The lowest BCUT2D eigenvalue weighted by atomic mass is 9.70. The van der Waals surface area contributed by atoms with E-state index in [4.69, 9.17) is 9.84 Å². The minimum atomic E-state index is -0.416. The summed E-state index contributed by atoms with van der Waals surface area (Å²) >= 11 is 0. The zero-order chi connectivity index (χ0) is 23.6. The SMILES string of the molecule is Cc1c2c(nn1C1CCNC3(CCC3)C1)-c1ccccc1OC21CCN(C(=O)NCC2CC2)CC1. The molecular weight excluding hydrogens is 438 g/mol. The number of aromatic nitrogens is 2. The van der Waals surface area contributed by atoms with Crippen LogP contribution >= 0.6 is 0 Å². The molecule has 4 fully saturated rings. The van der Waals surface area contributed by atoms with Crippen LogP contribution in [-0.4, -0.2) is 52.4 Å². The molecule has 2 spiro atoms. The third kappa shape index (κ3) is 3.57. The molecule has 7 nitrogen and oxygen atoms in total. The van der Waals surface area contributed by atoms with Gasteiger partial charge in [-0.15, -0.1) is 0 Å². The van der Waals surface area contributed by atoms with Gasteiger partial charge in [-0.25, -0.2) is 4.79 Å². The lowest BCUT2D eigenvalue weighted by Crippen LogP contribution is -2.56. The third-order valence-electron chi connectivity index (χ3n) is 9.41. The molecule has 35 heavy (non-hydrogen) atoms. The summed E-state index contributed by atoms with van der Waals surface area (Å²) in [5, 5.41) is 12.3. The van der Waals surface area contributed by atoms with Crippen LogP contribution in [-0.2, 0) is 5.60 Å². The minimum Gasteiger partial charge on any atom is -0.482 e. The van der Waals surface area contributed by atoms with Gasteiger partial charge in [0.05, 0.1) is 6.04 Å². The summed E-state index contributed by atoms with van der Waals surface area (Å²) < 4.78 is 9.19. The monoisotopic (exact) mass is 475 g/mol. The number of ether oxygens (including phenoxy) is 1. The van der Waals surface area contributed by atoms with Crippen LogP contribution in [0.15, 0.2) is 24.3 Å². The predicted molar refractivity (Wildman–Crippen MR) is 134 cm³/mol. The van der Waals surface area contributed by atoms with Crippen LogP contribution in [0.25, 0.3) is 11.3 Å². The number of carbonyl (C=O) groups excluding carboxylic acids is 1. The molecule has 2 aliphatic carbocycles. The van der Waals surface area contributed by atoms with Crippen molar-refractivity contribution in [2.45, 2.75) is 81.9 Å². The molecule has 2 aromatic rings. The van der Waals surface area contributed by atoms with E-state index in [1.807, 2.05) is 4.90 Å². The summed E-state index contributed by atoms with van der Waals surface area (Å²) in [7, 11) is 0. The highest BCUT2D eigenvalue weighted by Crippen LogP contribution is 2.51. The van der Waals surface area contributed by atoms with E-state index in [2.05, 4.69) is 46.5 Å². The number of hydrogen-bond acceptors (Lipinski definition) is 4. The molecule has 1 atom stereocenters. The number of urea groups is 1. The number of hydrogen-bond donors (Lipinski definition) is 2. The summed E-state index contributed by atoms with van der Waals surface area (Å²) in [6.07, 6.45) is 10.3. The van der Waals surface area contributed by atoms with Crippen LogP contribution in [0, 0.1) is 12.8 Å². The van der Waals surface area contributed by atoms with Crippen molar-refractivity contribution in [1.29, 1.82) is 0 Å². The molecule has 2 N–H and O–H groups in total. The highest BCUT2D eigenvalue weighted by atomic mass is 16.5. The molecule has 0 bridgehead atoms. The fourth-order valence-electron chi connectivity index (χ4n) is 7.03. The molecule has 7 rings (SSSR count). The van der Waals surface area contributed by atoms with Gasteiger partial charge in [-0.05, 0) is 76.5 Å². The number of nitrogens with zero attached hydrogens (tertiary/aromatic N) is 3. The lowest BCUT2D eigenvalue weighted by Gasteiger charge is -2.48. The lowest BCUT2D eigenvalue weighted by molar-refractivity contribution is 0.00443. The van der Waals surface area contributed by atoms with Crippen molar-refractivity contribution < 1.29 is 9.53 Å². The maximum absolute atomic E-state index is 12.8. The Kier molecular flexibility index (Phi) is 4.96. The zero-order valence-corrected chi connectivity index (χ0v) is 20.8. The number of para-hydroxylation sites is 1. The second-order valence-corrected chi connectivity index (χ2v) is 11.7. The van der Waals surface area contributed by atoms with Gasteiger partial charge in [0, 0.05) is 54.8 Å². The summed E-state index contributed by atoms with van der Waals surface area (Å²) in [5.74, 6) is 1.62. The molecule has 4 heterocycles. The fraction of sp³-hybridized carbons (Fsp3) is 0.643. The second kappa shape index (κ2) is 7.99. The van der Waals surface area contributed by atoms with Gasteiger partial charge in [-0.3, -0.25) is 4.68 Å². The molecule has 3 aliphatic heterocycles. The Morgan fingerprint density at radius 2 is 1.97 bits per heavy atom. The number of amides is 2. The molecular formula is C28H37N5O2. The van der Waals surface area contributed by atoms with E-state index in [1.54, 1.807) is 0 Å². The van der Waals surface area contributed by atoms with Crippen LogP contribution in [0.2, 0.25) is 0 Å². The Labute approximate surface area is 207 Å². The van der Waals surface area contributed by atoms with Gasteiger partial charge in [0.25, 0.3) is 0 Å². The normalized spacial score (nSPS) is 26.0. The molecule has 5 aliphatic rings. The maximum atomic E-state index is 12.8. The predicted octanol–water partition coefficient (Wildman–Crippen LogP) is 4.51. The van der Waals surface area contributed by atoms with Gasteiger partial charge in [0.1, 0.15) is 17.0 Å². The number of likely N-dealkylation sites (tertiary alicyclic amines) is 1. The molecule has 186 valence electrons.